The number of hydrogen-bond donors (Lipinski definition) is 2. The van der Waals surface area contributed by atoms with Gasteiger partial charge in [-0.15, -0.1) is 0 Å². The molecule has 10 rings (SSSR count). The lowest BCUT2D eigenvalue weighted by Gasteiger charge is -2.49. The van der Waals surface area contributed by atoms with Crippen LogP contribution in [0.1, 0.15) is 54.0 Å². The molecule has 200 valence electrons. The fourth-order valence-electron chi connectivity index (χ4n) is 8.88. The Kier molecular flexibility index (Phi) is 4.06. The molecule has 0 bridgehead atoms. The summed E-state index contributed by atoms with van der Waals surface area (Å²) < 4.78 is 0. The number of aromatic nitrogens is 2. The zero-order valence-electron chi connectivity index (χ0n) is 23.6. The van der Waals surface area contributed by atoms with Gasteiger partial charge in [0.2, 0.25) is 0 Å². The van der Waals surface area contributed by atoms with E-state index in [0.29, 0.717) is 5.92 Å². The first-order valence-electron chi connectivity index (χ1n) is 15.0. The van der Waals surface area contributed by atoms with Gasteiger partial charge >= 0.3 is 0 Å². The van der Waals surface area contributed by atoms with E-state index in [9.17, 15) is 0 Å². The first-order chi connectivity index (χ1) is 20.6. The maximum atomic E-state index is 5.05. The number of H-pyrrole nitrogens is 1. The predicted octanol–water partition coefficient (Wildman–Crippen LogP) is 9.12. The number of nitrogens with one attached hydrogen (secondary N) is 2. The predicted molar refractivity (Wildman–Crippen MR) is 171 cm³/mol. The van der Waals surface area contributed by atoms with Crippen molar-refractivity contribution in [3.63, 3.8) is 0 Å². The summed E-state index contributed by atoms with van der Waals surface area (Å²) in [5.74, 6) is 0.318. The van der Waals surface area contributed by atoms with Crippen LogP contribution in [0.25, 0.3) is 33.1 Å². The molecule has 2 aromatic heterocycles. The normalized spacial score (nSPS) is 22.2. The maximum absolute atomic E-state index is 5.05. The van der Waals surface area contributed by atoms with Gasteiger partial charge in [0.15, 0.2) is 0 Å². The molecular formula is C39H29N3. The van der Waals surface area contributed by atoms with E-state index >= 15 is 0 Å². The summed E-state index contributed by atoms with van der Waals surface area (Å²) in [5, 5.41) is 6.37. The Balaban J connectivity index is 1.38. The van der Waals surface area contributed by atoms with Crippen LogP contribution in [0.4, 0.5) is 5.69 Å². The average molecular weight is 540 g/mol. The van der Waals surface area contributed by atoms with Crippen LogP contribution in [-0.2, 0) is 10.8 Å². The van der Waals surface area contributed by atoms with E-state index in [1.807, 2.05) is 6.20 Å². The SMILES string of the molecule is CC1(C)C2=C(CC3C(=C2)Nc2ccccc23)C2(c3ccccc3-c3ncccc32)c2cc3c(cc21)[nH]c1ccccc13. The van der Waals surface area contributed by atoms with Gasteiger partial charge in [0, 0.05) is 56.3 Å². The molecule has 4 aliphatic rings. The van der Waals surface area contributed by atoms with Crippen LogP contribution in [0.2, 0.25) is 0 Å². The molecule has 0 fully saturated rings. The molecule has 0 amide bonds. The largest absolute Gasteiger partial charge is 0.358 e. The highest BCUT2D eigenvalue weighted by atomic mass is 14.9. The quantitative estimate of drug-likeness (QED) is 0.202. The van der Waals surface area contributed by atoms with E-state index in [-0.39, 0.29) is 5.41 Å². The third kappa shape index (κ3) is 2.53. The fourth-order valence-corrected chi connectivity index (χ4v) is 8.88. The topological polar surface area (TPSA) is 40.7 Å². The summed E-state index contributed by atoms with van der Waals surface area (Å²) in [4.78, 5) is 8.79. The van der Waals surface area contributed by atoms with Crippen molar-refractivity contribution in [1.82, 2.24) is 9.97 Å². The average Bonchev–Trinajstić information content (AvgIpc) is 3.67. The number of rotatable bonds is 0. The molecule has 0 radical (unpaired) electrons. The standard InChI is InChI=1S/C39H29N3/c1-38(2)29-20-35-25(22-10-4-7-15-33(22)41-35)18-31(29)39(27-13-6-3-12-24(27)37-28(39)14-9-17-40-37)32-19-26-23-11-5-8-16-34(23)42-36(26)21-30(32)38/h3-18,20-21,26,41-42H,19H2,1-2H3. The van der Waals surface area contributed by atoms with Crippen LogP contribution in [0, 0.1) is 0 Å². The van der Waals surface area contributed by atoms with Crippen LogP contribution < -0.4 is 5.32 Å². The highest BCUT2D eigenvalue weighted by Crippen LogP contribution is 2.65. The second-order valence-corrected chi connectivity index (χ2v) is 12.9. The smallest absolute Gasteiger partial charge is 0.0753 e. The van der Waals surface area contributed by atoms with Gasteiger partial charge in [-0.25, -0.2) is 0 Å². The van der Waals surface area contributed by atoms with E-state index in [4.69, 9.17) is 4.98 Å². The number of anilines is 1. The van der Waals surface area contributed by atoms with Gasteiger partial charge < -0.3 is 10.3 Å². The lowest BCUT2D eigenvalue weighted by atomic mass is 9.53. The van der Waals surface area contributed by atoms with Crippen molar-refractivity contribution in [1.29, 1.82) is 0 Å². The van der Waals surface area contributed by atoms with E-state index in [1.54, 1.807) is 0 Å². The third-order valence-electron chi connectivity index (χ3n) is 10.7. The molecule has 3 heteroatoms. The number of pyridine rings is 1. The van der Waals surface area contributed by atoms with Gasteiger partial charge in [-0.3, -0.25) is 4.98 Å². The highest BCUT2D eigenvalue weighted by molar-refractivity contribution is 6.08. The number of allylic oxidation sites excluding steroid dienone is 4. The molecule has 6 aromatic rings. The Morgan fingerprint density at radius 1 is 0.738 bits per heavy atom. The Morgan fingerprint density at radius 2 is 1.55 bits per heavy atom. The van der Waals surface area contributed by atoms with Gasteiger partial charge in [0.1, 0.15) is 0 Å². The molecule has 3 heterocycles. The van der Waals surface area contributed by atoms with E-state index in [2.05, 4.69) is 127 Å². The van der Waals surface area contributed by atoms with Crippen molar-refractivity contribution in [2.45, 2.75) is 37.0 Å². The van der Waals surface area contributed by atoms with Crippen LogP contribution in [0.15, 0.2) is 126 Å². The fraction of sp³-hybridized carbons (Fsp3) is 0.154. The molecule has 2 unspecified atom stereocenters. The molecule has 1 spiro atoms. The summed E-state index contributed by atoms with van der Waals surface area (Å²) in [6.45, 7) is 4.85. The number of benzene rings is 4. The lowest BCUT2D eigenvalue weighted by Crippen LogP contribution is -2.42. The minimum Gasteiger partial charge on any atom is -0.358 e. The number of aromatic amines is 1. The molecule has 4 aromatic carbocycles. The van der Waals surface area contributed by atoms with Gasteiger partial charge in [-0.2, -0.15) is 0 Å². The van der Waals surface area contributed by atoms with Crippen molar-refractivity contribution >= 4 is 27.5 Å². The van der Waals surface area contributed by atoms with Crippen LogP contribution in [0.5, 0.6) is 0 Å². The number of fused-ring (bicyclic) bond motifs is 14. The number of para-hydroxylation sites is 2. The van der Waals surface area contributed by atoms with Crippen LogP contribution in [0.3, 0.4) is 0 Å². The maximum Gasteiger partial charge on any atom is 0.0753 e. The molecule has 42 heavy (non-hydrogen) atoms. The molecule has 0 saturated heterocycles. The first kappa shape index (κ1) is 22.8. The summed E-state index contributed by atoms with van der Waals surface area (Å²) >= 11 is 0. The monoisotopic (exact) mass is 539 g/mol. The summed E-state index contributed by atoms with van der Waals surface area (Å²) in [6.07, 6.45) is 5.43. The van der Waals surface area contributed by atoms with E-state index in [0.717, 1.165) is 12.1 Å². The van der Waals surface area contributed by atoms with Gasteiger partial charge in [-0.1, -0.05) is 80.6 Å². The molecule has 1 aliphatic heterocycles. The molecule has 2 atom stereocenters. The summed E-state index contributed by atoms with van der Waals surface area (Å²) in [7, 11) is 0. The summed E-state index contributed by atoms with van der Waals surface area (Å²) in [6, 6.07) is 36.0. The van der Waals surface area contributed by atoms with Crippen molar-refractivity contribution in [3.05, 3.63) is 154 Å². The van der Waals surface area contributed by atoms with Crippen molar-refractivity contribution in [3.8, 4) is 11.3 Å². The molecule has 3 aliphatic carbocycles. The van der Waals surface area contributed by atoms with Crippen molar-refractivity contribution < 1.29 is 0 Å². The van der Waals surface area contributed by atoms with Crippen LogP contribution >= 0.6 is 0 Å². The molecular weight excluding hydrogens is 510 g/mol. The first-order valence-corrected chi connectivity index (χ1v) is 15.0. The molecule has 0 saturated carbocycles. The summed E-state index contributed by atoms with van der Waals surface area (Å²) in [5.41, 5.74) is 16.5. The Bertz CT molecular complexity index is 2200. The minimum atomic E-state index is -0.410. The Labute approximate surface area is 244 Å². The number of hydrogen-bond acceptors (Lipinski definition) is 2. The molecule has 2 N–H and O–H groups in total. The lowest BCUT2D eigenvalue weighted by molar-refractivity contribution is 0.524. The number of nitrogens with zero attached hydrogens (tertiary/aromatic N) is 1. The molecule has 3 nitrogen and oxygen atoms in total. The zero-order chi connectivity index (χ0) is 27.8. The Hall–Kier alpha value is -4.89. The van der Waals surface area contributed by atoms with Crippen molar-refractivity contribution in [2.75, 3.05) is 5.32 Å². The zero-order valence-corrected chi connectivity index (χ0v) is 23.6. The highest BCUT2D eigenvalue weighted by Gasteiger charge is 2.56. The van der Waals surface area contributed by atoms with E-state index in [1.165, 1.54) is 77.7 Å². The second-order valence-electron chi connectivity index (χ2n) is 12.9. The van der Waals surface area contributed by atoms with Gasteiger partial charge in [0.05, 0.1) is 11.1 Å². The van der Waals surface area contributed by atoms with Gasteiger partial charge in [0.25, 0.3) is 0 Å². The second kappa shape index (κ2) is 7.49. The van der Waals surface area contributed by atoms with E-state index < -0.39 is 5.41 Å². The van der Waals surface area contributed by atoms with Crippen molar-refractivity contribution in [2.24, 2.45) is 0 Å². The van der Waals surface area contributed by atoms with Gasteiger partial charge in [-0.05, 0) is 81.8 Å². The minimum absolute atomic E-state index is 0.185. The third-order valence-corrected chi connectivity index (χ3v) is 10.7. The Morgan fingerprint density at radius 3 is 2.50 bits per heavy atom. The van der Waals surface area contributed by atoms with Crippen LogP contribution in [-0.4, -0.2) is 9.97 Å².